The summed E-state index contributed by atoms with van der Waals surface area (Å²) in [5.41, 5.74) is 1.33. The van der Waals surface area contributed by atoms with Crippen LogP contribution in [-0.4, -0.2) is 42.4 Å². The molecule has 1 atom stereocenters. The van der Waals surface area contributed by atoms with Crippen molar-refractivity contribution in [3.8, 4) is 0 Å². The highest BCUT2D eigenvalue weighted by Crippen LogP contribution is 2.17. The second kappa shape index (κ2) is 7.11. The molecule has 1 rings (SSSR count). The Hall–Kier alpha value is -0.420. The fourth-order valence-electron chi connectivity index (χ4n) is 1.59. The largest absolute Gasteiger partial charge is 0.389 e. The molecule has 0 saturated carbocycles. The van der Waals surface area contributed by atoms with E-state index in [0.717, 1.165) is 6.54 Å². The van der Waals surface area contributed by atoms with Crippen LogP contribution >= 0.6 is 11.3 Å². The van der Waals surface area contributed by atoms with Gasteiger partial charge in [-0.2, -0.15) is 0 Å². The Kier molecular flexibility index (Phi) is 6.12. The molecular weight excluding hydrogens is 234 g/mol. The average Bonchev–Trinajstić information content (AvgIpc) is 2.61. The molecule has 0 radical (unpaired) electrons. The number of hydrogen-bond acceptors (Lipinski definition) is 4. The molecule has 1 heterocycles. The number of thiophene rings is 1. The summed E-state index contributed by atoms with van der Waals surface area (Å²) >= 11 is 1.77. The van der Waals surface area contributed by atoms with Gasteiger partial charge in [-0.1, -0.05) is 0 Å². The second-order valence-electron chi connectivity index (χ2n) is 4.76. The third-order valence-electron chi connectivity index (χ3n) is 2.53. The number of aryl methyl sites for hydroxylation is 1. The first-order valence-electron chi connectivity index (χ1n) is 6.00. The third-order valence-corrected chi connectivity index (χ3v) is 3.53. The molecule has 3 nitrogen and oxygen atoms in total. The summed E-state index contributed by atoms with van der Waals surface area (Å²) in [6.45, 7) is 8.02. The molecular formula is C13H23NO2S. The van der Waals surface area contributed by atoms with Gasteiger partial charge >= 0.3 is 0 Å². The van der Waals surface area contributed by atoms with Gasteiger partial charge in [-0.25, -0.2) is 0 Å². The smallest absolute Gasteiger partial charge is 0.0900 e. The lowest BCUT2D eigenvalue weighted by Gasteiger charge is -2.21. The minimum Gasteiger partial charge on any atom is -0.389 e. The SMILES string of the molecule is Cc1ccsc1CN(C)C[C@H](O)COC(C)C. The maximum Gasteiger partial charge on any atom is 0.0900 e. The summed E-state index contributed by atoms with van der Waals surface area (Å²) in [5.74, 6) is 0. The molecule has 0 amide bonds. The molecule has 0 aromatic carbocycles. The van der Waals surface area contributed by atoms with Crippen molar-refractivity contribution in [2.75, 3.05) is 20.2 Å². The Morgan fingerprint density at radius 3 is 2.71 bits per heavy atom. The first kappa shape index (κ1) is 14.6. The summed E-state index contributed by atoms with van der Waals surface area (Å²) in [6.07, 6.45) is -0.239. The van der Waals surface area contributed by atoms with Gasteiger partial charge < -0.3 is 9.84 Å². The van der Waals surface area contributed by atoms with Gasteiger partial charge in [0, 0.05) is 18.0 Å². The van der Waals surface area contributed by atoms with E-state index in [-0.39, 0.29) is 6.10 Å². The van der Waals surface area contributed by atoms with Crippen molar-refractivity contribution in [2.45, 2.75) is 39.5 Å². The van der Waals surface area contributed by atoms with E-state index in [2.05, 4.69) is 23.3 Å². The van der Waals surface area contributed by atoms with Crippen LogP contribution in [0.5, 0.6) is 0 Å². The van der Waals surface area contributed by atoms with E-state index in [9.17, 15) is 5.11 Å². The summed E-state index contributed by atoms with van der Waals surface area (Å²) in [5, 5.41) is 11.9. The number of nitrogens with zero attached hydrogens (tertiary/aromatic N) is 1. The predicted molar refractivity (Wildman–Crippen MR) is 72.5 cm³/mol. The molecule has 1 aromatic heterocycles. The normalized spacial score (nSPS) is 13.6. The van der Waals surface area contributed by atoms with Crippen molar-refractivity contribution < 1.29 is 9.84 Å². The lowest BCUT2D eigenvalue weighted by molar-refractivity contribution is -0.00627. The van der Waals surface area contributed by atoms with Crippen molar-refractivity contribution in [2.24, 2.45) is 0 Å². The van der Waals surface area contributed by atoms with Crippen LogP contribution in [0.15, 0.2) is 11.4 Å². The van der Waals surface area contributed by atoms with Gasteiger partial charge in [0.05, 0.1) is 18.8 Å². The maximum atomic E-state index is 9.80. The summed E-state index contributed by atoms with van der Waals surface area (Å²) in [4.78, 5) is 3.50. The highest BCUT2D eigenvalue weighted by atomic mass is 32.1. The summed E-state index contributed by atoms with van der Waals surface area (Å²) < 4.78 is 5.39. The first-order valence-corrected chi connectivity index (χ1v) is 6.88. The Balaban J connectivity index is 2.29. The van der Waals surface area contributed by atoms with Gasteiger partial charge in [0.15, 0.2) is 0 Å². The third kappa shape index (κ3) is 5.64. The molecule has 4 heteroatoms. The van der Waals surface area contributed by atoms with Crippen LogP contribution in [0.25, 0.3) is 0 Å². The number of hydrogen-bond donors (Lipinski definition) is 1. The van der Waals surface area contributed by atoms with Crippen LogP contribution in [0.2, 0.25) is 0 Å². The van der Waals surface area contributed by atoms with E-state index in [4.69, 9.17) is 4.74 Å². The van der Waals surface area contributed by atoms with Gasteiger partial charge in [0.2, 0.25) is 0 Å². The second-order valence-corrected chi connectivity index (χ2v) is 5.76. The van der Waals surface area contributed by atoms with Crippen molar-refractivity contribution in [1.82, 2.24) is 4.90 Å². The highest BCUT2D eigenvalue weighted by Gasteiger charge is 2.11. The Morgan fingerprint density at radius 1 is 1.47 bits per heavy atom. The zero-order valence-electron chi connectivity index (χ0n) is 11.1. The molecule has 0 aliphatic rings. The standard InChI is InChI=1S/C13H23NO2S/c1-10(2)16-9-12(15)7-14(4)8-13-11(3)5-6-17-13/h5-6,10,12,15H,7-9H2,1-4H3/t12-/m0/s1. The van der Waals surface area contributed by atoms with E-state index in [1.54, 1.807) is 11.3 Å². The van der Waals surface area contributed by atoms with Crippen molar-refractivity contribution in [1.29, 1.82) is 0 Å². The van der Waals surface area contributed by atoms with Crippen molar-refractivity contribution in [3.63, 3.8) is 0 Å². The fourth-order valence-corrected chi connectivity index (χ4v) is 2.58. The molecule has 17 heavy (non-hydrogen) atoms. The summed E-state index contributed by atoms with van der Waals surface area (Å²) in [6, 6.07) is 2.13. The van der Waals surface area contributed by atoms with Gasteiger partial charge in [-0.3, -0.25) is 4.90 Å². The van der Waals surface area contributed by atoms with Gasteiger partial charge in [0.25, 0.3) is 0 Å². The Morgan fingerprint density at radius 2 is 2.18 bits per heavy atom. The molecule has 0 fully saturated rings. The fraction of sp³-hybridized carbons (Fsp3) is 0.692. The van der Waals surface area contributed by atoms with Gasteiger partial charge in [0.1, 0.15) is 0 Å². The lowest BCUT2D eigenvalue weighted by atomic mass is 10.2. The molecule has 98 valence electrons. The van der Waals surface area contributed by atoms with Gasteiger partial charge in [-0.05, 0) is 44.8 Å². The molecule has 1 N–H and O–H groups in total. The lowest BCUT2D eigenvalue weighted by Crippen LogP contribution is -2.32. The van der Waals surface area contributed by atoms with Crippen molar-refractivity contribution >= 4 is 11.3 Å². The van der Waals surface area contributed by atoms with Crippen LogP contribution in [0, 0.1) is 6.92 Å². The first-order chi connectivity index (χ1) is 7.99. The minimum absolute atomic E-state index is 0.175. The molecule has 0 unspecified atom stereocenters. The summed E-state index contributed by atoms with van der Waals surface area (Å²) in [7, 11) is 2.03. The average molecular weight is 257 g/mol. The van der Waals surface area contributed by atoms with E-state index >= 15 is 0 Å². The van der Waals surface area contributed by atoms with Crippen LogP contribution in [0.4, 0.5) is 0 Å². The molecule has 0 spiro atoms. The van der Waals surface area contributed by atoms with Gasteiger partial charge in [-0.15, -0.1) is 11.3 Å². The monoisotopic (exact) mass is 257 g/mol. The number of rotatable bonds is 7. The predicted octanol–water partition coefficient (Wildman–Crippen LogP) is 2.27. The van der Waals surface area contributed by atoms with E-state index < -0.39 is 6.10 Å². The molecule has 0 aliphatic heterocycles. The van der Waals surface area contributed by atoms with E-state index in [1.807, 2.05) is 20.9 Å². The van der Waals surface area contributed by atoms with Crippen LogP contribution < -0.4 is 0 Å². The zero-order valence-corrected chi connectivity index (χ0v) is 12.0. The molecule has 1 aromatic rings. The number of aliphatic hydroxyl groups excluding tert-OH is 1. The Bertz CT molecular complexity index is 325. The van der Waals surface area contributed by atoms with Crippen LogP contribution in [0.3, 0.4) is 0 Å². The van der Waals surface area contributed by atoms with E-state index in [0.29, 0.717) is 13.2 Å². The Labute approximate surface area is 108 Å². The molecule has 0 saturated heterocycles. The molecule has 0 bridgehead atoms. The zero-order chi connectivity index (χ0) is 12.8. The van der Waals surface area contributed by atoms with E-state index in [1.165, 1.54) is 10.4 Å². The maximum absolute atomic E-state index is 9.80. The number of aliphatic hydroxyl groups is 1. The number of ether oxygens (including phenoxy) is 1. The minimum atomic E-state index is -0.414. The van der Waals surface area contributed by atoms with Crippen LogP contribution in [-0.2, 0) is 11.3 Å². The van der Waals surface area contributed by atoms with Crippen LogP contribution in [0.1, 0.15) is 24.3 Å². The topological polar surface area (TPSA) is 32.7 Å². The molecule has 0 aliphatic carbocycles. The quantitative estimate of drug-likeness (QED) is 0.813. The number of likely N-dealkylation sites (N-methyl/N-ethyl adjacent to an activating group) is 1. The van der Waals surface area contributed by atoms with Crippen molar-refractivity contribution in [3.05, 3.63) is 21.9 Å². The highest BCUT2D eigenvalue weighted by molar-refractivity contribution is 7.10.